The summed E-state index contributed by atoms with van der Waals surface area (Å²) in [4.78, 5) is 4.26. The minimum atomic E-state index is 0.193. The molecule has 10 heavy (non-hydrogen) atoms. The maximum Gasteiger partial charge on any atom is 0.0963 e. The fraction of sp³-hybridized carbons (Fsp3) is 0.857. The Balaban J connectivity index is 2.18. The number of aliphatic imine (C=N–C) groups is 1. The summed E-state index contributed by atoms with van der Waals surface area (Å²) in [7, 11) is 0. The van der Waals surface area contributed by atoms with Gasteiger partial charge in [-0.1, -0.05) is 0 Å². The molecule has 0 aliphatic carbocycles. The predicted octanol–water partition coefficient (Wildman–Crippen LogP) is 0.151. The van der Waals surface area contributed by atoms with Crippen LogP contribution in [0, 0.1) is 0 Å². The molecule has 0 radical (unpaired) electrons. The third-order valence-corrected chi connectivity index (χ3v) is 1.57. The van der Waals surface area contributed by atoms with Gasteiger partial charge in [0.1, 0.15) is 0 Å². The van der Waals surface area contributed by atoms with Gasteiger partial charge < -0.3 is 10.4 Å². The third kappa shape index (κ3) is 2.35. The second-order valence-corrected chi connectivity index (χ2v) is 2.44. The van der Waals surface area contributed by atoms with Crippen LogP contribution in [0.5, 0.6) is 0 Å². The summed E-state index contributed by atoms with van der Waals surface area (Å²) < 4.78 is 0. The summed E-state index contributed by atoms with van der Waals surface area (Å²) in [5, 5.41) is 11.6. The SMILES string of the molecule is OCCNC1=NCCCC1. The van der Waals surface area contributed by atoms with Crippen LogP contribution in [-0.2, 0) is 0 Å². The van der Waals surface area contributed by atoms with Gasteiger partial charge in [-0.3, -0.25) is 4.99 Å². The zero-order valence-electron chi connectivity index (χ0n) is 6.14. The van der Waals surface area contributed by atoms with Crippen LogP contribution < -0.4 is 5.32 Å². The summed E-state index contributed by atoms with van der Waals surface area (Å²) in [5.41, 5.74) is 0. The van der Waals surface area contributed by atoms with Crippen molar-refractivity contribution in [3.05, 3.63) is 0 Å². The normalized spacial score (nSPS) is 18.3. The molecule has 0 spiro atoms. The molecule has 0 aromatic rings. The van der Waals surface area contributed by atoms with E-state index in [2.05, 4.69) is 10.3 Å². The summed E-state index contributed by atoms with van der Waals surface area (Å²) in [5.74, 6) is 1.07. The van der Waals surface area contributed by atoms with Gasteiger partial charge in [-0.05, 0) is 12.8 Å². The van der Waals surface area contributed by atoms with E-state index in [0.717, 1.165) is 18.8 Å². The maximum absolute atomic E-state index is 8.48. The van der Waals surface area contributed by atoms with Gasteiger partial charge in [0.25, 0.3) is 0 Å². The Bertz CT molecular complexity index is 123. The van der Waals surface area contributed by atoms with Crippen LogP contribution in [-0.4, -0.2) is 30.6 Å². The van der Waals surface area contributed by atoms with E-state index in [4.69, 9.17) is 5.11 Å². The molecule has 1 aliphatic heterocycles. The Kier molecular flexibility index (Phi) is 3.22. The van der Waals surface area contributed by atoms with Gasteiger partial charge in [0.05, 0.1) is 12.4 Å². The summed E-state index contributed by atoms with van der Waals surface area (Å²) in [6.07, 6.45) is 3.50. The van der Waals surface area contributed by atoms with E-state index in [1.807, 2.05) is 0 Å². The van der Waals surface area contributed by atoms with E-state index in [1.165, 1.54) is 12.8 Å². The minimum absolute atomic E-state index is 0.193. The monoisotopic (exact) mass is 142 g/mol. The molecule has 0 amide bonds. The Morgan fingerprint density at radius 2 is 2.40 bits per heavy atom. The van der Waals surface area contributed by atoms with Crippen molar-refractivity contribution in [2.45, 2.75) is 19.3 Å². The van der Waals surface area contributed by atoms with Crippen molar-refractivity contribution >= 4 is 5.84 Å². The van der Waals surface area contributed by atoms with Crippen molar-refractivity contribution in [2.24, 2.45) is 4.99 Å². The Morgan fingerprint density at radius 1 is 1.50 bits per heavy atom. The van der Waals surface area contributed by atoms with Gasteiger partial charge in [-0.15, -0.1) is 0 Å². The lowest BCUT2D eigenvalue weighted by molar-refractivity contribution is 0.300. The first-order chi connectivity index (χ1) is 4.93. The van der Waals surface area contributed by atoms with Gasteiger partial charge >= 0.3 is 0 Å². The van der Waals surface area contributed by atoms with E-state index in [9.17, 15) is 0 Å². The molecule has 1 aliphatic rings. The van der Waals surface area contributed by atoms with Crippen LogP contribution in [0.1, 0.15) is 19.3 Å². The molecule has 2 N–H and O–H groups in total. The standard InChI is InChI=1S/C7H14N2O/c10-6-5-9-7-3-1-2-4-8-7/h10H,1-6H2,(H,8,9). The molecule has 0 aromatic carbocycles. The highest BCUT2D eigenvalue weighted by Crippen LogP contribution is 2.03. The highest BCUT2D eigenvalue weighted by molar-refractivity contribution is 5.82. The quantitative estimate of drug-likeness (QED) is 0.576. The molecule has 0 bridgehead atoms. The molecule has 0 aromatic heterocycles. The second-order valence-electron chi connectivity index (χ2n) is 2.44. The smallest absolute Gasteiger partial charge is 0.0963 e. The van der Waals surface area contributed by atoms with Gasteiger partial charge in [0, 0.05) is 19.5 Å². The van der Waals surface area contributed by atoms with E-state index < -0.39 is 0 Å². The van der Waals surface area contributed by atoms with Crippen molar-refractivity contribution in [3.8, 4) is 0 Å². The number of hydrogen-bond donors (Lipinski definition) is 2. The zero-order chi connectivity index (χ0) is 7.23. The number of aliphatic hydroxyl groups excluding tert-OH is 1. The number of nitrogens with zero attached hydrogens (tertiary/aromatic N) is 1. The van der Waals surface area contributed by atoms with Crippen molar-refractivity contribution in [1.29, 1.82) is 0 Å². The van der Waals surface area contributed by atoms with Crippen molar-refractivity contribution in [3.63, 3.8) is 0 Å². The predicted molar refractivity (Wildman–Crippen MR) is 41.2 cm³/mol. The van der Waals surface area contributed by atoms with Crippen LogP contribution in [0.3, 0.4) is 0 Å². The average molecular weight is 142 g/mol. The zero-order valence-corrected chi connectivity index (χ0v) is 6.14. The molecule has 58 valence electrons. The topological polar surface area (TPSA) is 44.6 Å². The first kappa shape index (κ1) is 7.54. The molecule has 0 fully saturated rings. The number of amidine groups is 1. The van der Waals surface area contributed by atoms with E-state index in [-0.39, 0.29) is 6.61 Å². The molecule has 0 saturated carbocycles. The molecule has 1 rings (SSSR count). The number of hydrogen-bond acceptors (Lipinski definition) is 3. The second kappa shape index (κ2) is 4.28. The highest BCUT2D eigenvalue weighted by Gasteiger charge is 2.02. The number of aliphatic hydroxyl groups is 1. The van der Waals surface area contributed by atoms with Crippen molar-refractivity contribution < 1.29 is 5.11 Å². The fourth-order valence-corrected chi connectivity index (χ4v) is 1.04. The summed E-state index contributed by atoms with van der Waals surface area (Å²) in [6.45, 7) is 1.78. The van der Waals surface area contributed by atoms with E-state index >= 15 is 0 Å². The van der Waals surface area contributed by atoms with Crippen LogP contribution in [0.15, 0.2) is 4.99 Å². The maximum atomic E-state index is 8.48. The third-order valence-electron chi connectivity index (χ3n) is 1.57. The summed E-state index contributed by atoms with van der Waals surface area (Å²) >= 11 is 0. The molecular weight excluding hydrogens is 128 g/mol. The lowest BCUT2D eigenvalue weighted by Crippen LogP contribution is -2.28. The molecule has 0 unspecified atom stereocenters. The van der Waals surface area contributed by atoms with Crippen molar-refractivity contribution in [1.82, 2.24) is 5.32 Å². The van der Waals surface area contributed by atoms with Gasteiger partial charge in [-0.25, -0.2) is 0 Å². The fourth-order valence-electron chi connectivity index (χ4n) is 1.04. The van der Waals surface area contributed by atoms with E-state index in [1.54, 1.807) is 0 Å². The molecule has 3 heteroatoms. The van der Waals surface area contributed by atoms with Crippen molar-refractivity contribution in [2.75, 3.05) is 19.7 Å². The van der Waals surface area contributed by atoms with Crippen LogP contribution in [0.2, 0.25) is 0 Å². The Hall–Kier alpha value is -0.570. The first-order valence-corrected chi connectivity index (χ1v) is 3.81. The molecule has 0 saturated heterocycles. The van der Waals surface area contributed by atoms with Crippen LogP contribution >= 0.6 is 0 Å². The lowest BCUT2D eigenvalue weighted by atomic mass is 10.2. The summed E-state index contributed by atoms with van der Waals surface area (Å²) in [6, 6.07) is 0. The largest absolute Gasteiger partial charge is 0.395 e. The van der Waals surface area contributed by atoms with Crippen LogP contribution in [0.25, 0.3) is 0 Å². The number of rotatable bonds is 2. The molecule has 1 heterocycles. The minimum Gasteiger partial charge on any atom is -0.395 e. The van der Waals surface area contributed by atoms with Gasteiger partial charge in [-0.2, -0.15) is 0 Å². The Morgan fingerprint density at radius 3 is 3.00 bits per heavy atom. The highest BCUT2D eigenvalue weighted by atomic mass is 16.3. The molecule has 0 atom stereocenters. The molecule has 3 nitrogen and oxygen atoms in total. The van der Waals surface area contributed by atoms with Gasteiger partial charge in [0.2, 0.25) is 0 Å². The van der Waals surface area contributed by atoms with Gasteiger partial charge in [0.15, 0.2) is 0 Å². The van der Waals surface area contributed by atoms with E-state index in [0.29, 0.717) is 6.54 Å². The first-order valence-electron chi connectivity index (χ1n) is 3.81. The van der Waals surface area contributed by atoms with Crippen LogP contribution in [0.4, 0.5) is 0 Å². The molecular formula is C7H14N2O. The average Bonchev–Trinajstić information content (AvgIpc) is 2.03. The Labute approximate surface area is 61.2 Å². The lowest BCUT2D eigenvalue weighted by Gasteiger charge is -2.12. The number of nitrogens with one attached hydrogen (secondary N) is 1.